The summed E-state index contributed by atoms with van der Waals surface area (Å²) in [5, 5.41) is 31.0. The van der Waals surface area contributed by atoms with Gasteiger partial charge in [0.2, 0.25) is 0 Å². The predicted octanol–water partition coefficient (Wildman–Crippen LogP) is 11.9. The van der Waals surface area contributed by atoms with Crippen molar-refractivity contribution in [3.05, 3.63) is 48.6 Å². The molecule has 0 aliphatic carbocycles. The molecule has 1 saturated heterocycles. The second-order valence-corrected chi connectivity index (χ2v) is 19.7. The molecular formula is C53H94O12S. The fraction of sp³-hybridized carbons (Fsp3) is 0.811. The topological polar surface area (TPSA) is 186 Å². The number of aliphatic hydroxyl groups is 3. The molecule has 0 spiro atoms. The lowest BCUT2D eigenvalue weighted by Crippen LogP contribution is -2.60. The summed E-state index contributed by atoms with van der Waals surface area (Å²) in [6.45, 7) is 3.74. The third kappa shape index (κ3) is 36.6. The Labute approximate surface area is 401 Å². The molecule has 1 rings (SSSR count). The highest BCUT2D eigenvalue weighted by Gasteiger charge is 2.46. The number of hydrogen-bond donors (Lipinski definition) is 4. The van der Waals surface area contributed by atoms with Crippen LogP contribution in [0.15, 0.2) is 48.6 Å². The number of ether oxygens (including phenoxy) is 4. The maximum Gasteiger partial charge on any atom is 0.306 e. The molecule has 4 N–H and O–H groups in total. The maximum atomic E-state index is 12.9. The number of esters is 2. The van der Waals surface area contributed by atoms with Crippen molar-refractivity contribution in [2.45, 2.75) is 256 Å². The zero-order chi connectivity index (χ0) is 48.4. The Balaban J connectivity index is 2.39. The smallest absolute Gasteiger partial charge is 0.306 e. The third-order valence-corrected chi connectivity index (χ3v) is 12.7. The zero-order valence-electron chi connectivity index (χ0n) is 41.3. The van der Waals surface area contributed by atoms with Crippen LogP contribution in [0.3, 0.4) is 0 Å². The molecule has 1 heterocycles. The van der Waals surface area contributed by atoms with Gasteiger partial charge in [-0.2, -0.15) is 8.42 Å². The molecule has 0 saturated carbocycles. The quantitative estimate of drug-likeness (QED) is 0.0196. The summed E-state index contributed by atoms with van der Waals surface area (Å²) in [6.07, 6.45) is 42.9. The van der Waals surface area contributed by atoms with Crippen molar-refractivity contribution in [1.29, 1.82) is 0 Å². The summed E-state index contributed by atoms with van der Waals surface area (Å²) < 4.78 is 54.2. The van der Waals surface area contributed by atoms with Gasteiger partial charge in [-0.25, -0.2) is 0 Å². The number of carbonyl (C=O) groups is 2. The van der Waals surface area contributed by atoms with Gasteiger partial charge in [-0.3, -0.25) is 14.1 Å². The number of rotatable bonds is 44. The molecule has 1 fully saturated rings. The Morgan fingerprint density at radius 3 is 1.38 bits per heavy atom. The van der Waals surface area contributed by atoms with Gasteiger partial charge in [-0.05, 0) is 57.8 Å². The van der Waals surface area contributed by atoms with E-state index in [2.05, 4.69) is 62.5 Å². The van der Waals surface area contributed by atoms with E-state index < -0.39 is 71.2 Å². The minimum Gasteiger partial charge on any atom is -0.462 e. The Morgan fingerprint density at radius 2 is 0.909 bits per heavy atom. The van der Waals surface area contributed by atoms with Gasteiger partial charge in [0.15, 0.2) is 12.4 Å². The Kier molecular flexibility index (Phi) is 39.9. The van der Waals surface area contributed by atoms with Crippen LogP contribution in [0.25, 0.3) is 0 Å². The largest absolute Gasteiger partial charge is 0.462 e. The lowest BCUT2D eigenvalue weighted by Gasteiger charge is -2.40. The van der Waals surface area contributed by atoms with Crippen molar-refractivity contribution in [3.8, 4) is 0 Å². The first-order chi connectivity index (χ1) is 32.0. The molecule has 0 bridgehead atoms. The normalized spacial score (nSPS) is 19.8. The second kappa shape index (κ2) is 42.7. The first-order valence-corrected chi connectivity index (χ1v) is 27.8. The van der Waals surface area contributed by atoms with Crippen LogP contribution < -0.4 is 0 Å². The summed E-state index contributed by atoms with van der Waals surface area (Å²) in [5.74, 6) is -2.02. The van der Waals surface area contributed by atoms with Crippen molar-refractivity contribution in [3.63, 3.8) is 0 Å². The van der Waals surface area contributed by atoms with Crippen molar-refractivity contribution in [2.24, 2.45) is 0 Å². The van der Waals surface area contributed by atoms with E-state index in [1.165, 1.54) is 116 Å². The van der Waals surface area contributed by atoms with E-state index in [1.807, 2.05) is 0 Å². The monoisotopic (exact) mass is 955 g/mol. The number of carbonyl (C=O) groups excluding carboxylic acids is 2. The molecule has 0 aromatic carbocycles. The van der Waals surface area contributed by atoms with Crippen molar-refractivity contribution in [2.75, 3.05) is 19.0 Å². The van der Waals surface area contributed by atoms with Crippen molar-refractivity contribution < 1.29 is 56.8 Å². The van der Waals surface area contributed by atoms with Crippen LogP contribution in [0, 0.1) is 0 Å². The first kappa shape index (κ1) is 61.6. The highest BCUT2D eigenvalue weighted by atomic mass is 32.2. The number of aliphatic hydroxyl groups excluding tert-OH is 3. The molecule has 0 aromatic rings. The fourth-order valence-corrected chi connectivity index (χ4v) is 8.53. The van der Waals surface area contributed by atoms with E-state index in [0.29, 0.717) is 12.8 Å². The van der Waals surface area contributed by atoms with Crippen LogP contribution in [0.5, 0.6) is 0 Å². The molecule has 2 unspecified atom stereocenters. The lowest BCUT2D eigenvalue weighted by molar-refractivity contribution is -0.297. The third-order valence-electron chi connectivity index (χ3n) is 11.9. The molecule has 1 aliphatic heterocycles. The minimum atomic E-state index is -4.61. The van der Waals surface area contributed by atoms with E-state index in [-0.39, 0.29) is 19.4 Å². The SMILES string of the molecule is CCCCC/C=C/C/C=C/C/C=C/C/C=C/CCCCCC(=O)O[C@H](COC(=O)CCCCCCCCCCCCCCCCCCCCC)CO[C@H]1O[C@H](CS(=O)(=O)O)[C@@H](O)C(O)C1O. The molecule has 0 radical (unpaired) electrons. The van der Waals surface area contributed by atoms with Gasteiger partial charge in [0.25, 0.3) is 10.1 Å². The van der Waals surface area contributed by atoms with Crippen LogP contribution in [0.2, 0.25) is 0 Å². The van der Waals surface area contributed by atoms with E-state index in [1.54, 1.807) is 0 Å². The molecule has 0 aromatic heterocycles. The standard InChI is InChI=1S/C53H94O12S/c1-3-5-7-9-11-13-15-17-19-21-23-25-27-29-31-33-35-37-39-41-48(54)62-43-46(44-63-53-52(58)51(57)50(56)47(65-53)45-66(59,60)61)64-49(55)42-40-38-36-34-32-30-28-26-24-22-20-18-16-14-12-10-8-6-4-2/h12,14,18,20,24,26,30,32,46-47,50-53,56-58H,3-11,13,15-17,19,21-23,25,27-29,31,33-45H2,1-2H3,(H,59,60,61)/b14-12+,20-18+,26-24+,32-30+/t46-,47-,50-,51?,52?,53+/m1/s1. The predicted molar refractivity (Wildman–Crippen MR) is 266 cm³/mol. The van der Waals surface area contributed by atoms with E-state index >= 15 is 0 Å². The van der Waals surface area contributed by atoms with E-state index in [4.69, 9.17) is 18.9 Å². The maximum absolute atomic E-state index is 12.9. The first-order valence-electron chi connectivity index (χ1n) is 26.2. The van der Waals surface area contributed by atoms with Gasteiger partial charge in [-0.15, -0.1) is 0 Å². The van der Waals surface area contributed by atoms with Gasteiger partial charge in [0, 0.05) is 12.8 Å². The second-order valence-electron chi connectivity index (χ2n) is 18.2. The molecular weight excluding hydrogens is 861 g/mol. The van der Waals surface area contributed by atoms with Crippen LogP contribution in [0.4, 0.5) is 0 Å². The highest BCUT2D eigenvalue weighted by molar-refractivity contribution is 7.85. The summed E-state index contributed by atoms with van der Waals surface area (Å²) >= 11 is 0. The Bertz CT molecular complexity index is 1400. The van der Waals surface area contributed by atoms with Gasteiger partial charge in [0.1, 0.15) is 36.8 Å². The number of hydrogen-bond acceptors (Lipinski definition) is 11. The zero-order valence-corrected chi connectivity index (χ0v) is 42.1. The molecule has 6 atom stereocenters. The van der Waals surface area contributed by atoms with Crippen LogP contribution in [0.1, 0.15) is 219 Å². The van der Waals surface area contributed by atoms with Crippen LogP contribution in [-0.4, -0.2) is 96.0 Å². The molecule has 0 amide bonds. The fourth-order valence-electron chi connectivity index (χ4n) is 7.84. The minimum absolute atomic E-state index is 0.127. The Hall–Kier alpha value is -2.39. The summed E-state index contributed by atoms with van der Waals surface area (Å²) in [7, 11) is -4.61. The van der Waals surface area contributed by atoms with Crippen molar-refractivity contribution >= 4 is 22.1 Å². The van der Waals surface area contributed by atoms with Gasteiger partial charge < -0.3 is 34.3 Å². The van der Waals surface area contributed by atoms with Gasteiger partial charge in [-0.1, -0.05) is 197 Å². The molecule has 384 valence electrons. The highest BCUT2D eigenvalue weighted by Crippen LogP contribution is 2.24. The van der Waals surface area contributed by atoms with Crippen LogP contribution >= 0.6 is 0 Å². The lowest BCUT2D eigenvalue weighted by atomic mass is 10.00. The van der Waals surface area contributed by atoms with Crippen molar-refractivity contribution in [1.82, 2.24) is 0 Å². The molecule has 66 heavy (non-hydrogen) atoms. The summed E-state index contributed by atoms with van der Waals surface area (Å²) in [6, 6.07) is 0. The van der Waals surface area contributed by atoms with Gasteiger partial charge in [0.05, 0.1) is 6.61 Å². The average Bonchev–Trinajstić information content (AvgIpc) is 3.28. The molecule has 1 aliphatic rings. The van der Waals surface area contributed by atoms with Crippen LogP contribution in [-0.2, 0) is 38.7 Å². The van der Waals surface area contributed by atoms with E-state index in [9.17, 15) is 37.9 Å². The van der Waals surface area contributed by atoms with Gasteiger partial charge >= 0.3 is 11.9 Å². The Morgan fingerprint density at radius 1 is 0.515 bits per heavy atom. The van der Waals surface area contributed by atoms with E-state index in [0.717, 1.165) is 64.2 Å². The summed E-state index contributed by atoms with van der Waals surface area (Å²) in [5.41, 5.74) is 0. The molecule has 13 heteroatoms. The average molecular weight is 955 g/mol. The number of allylic oxidation sites excluding steroid dienone is 8. The summed E-state index contributed by atoms with van der Waals surface area (Å²) in [4.78, 5) is 25.5. The molecule has 12 nitrogen and oxygen atoms in total. The number of unbranched alkanes of at least 4 members (excludes halogenated alkanes) is 24.